The monoisotopic (exact) mass is 187 g/mol. The van der Waals surface area contributed by atoms with E-state index in [-0.39, 0.29) is 0 Å². The van der Waals surface area contributed by atoms with Crippen molar-refractivity contribution in [3.05, 3.63) is 35.9 Å². The van der Waals surface area contributed by atoms with E-state index in [0.717, 1.165) is 18.7 Å². The van der Waals surface area contributed by atoms with Gasteiger partial charge in [0, 0.05) is 6.54 Å². The number of ether oxygens (including phenoxy) is 1. The lowest BCUT2D eigenvalue weighted by Crippen LogP contribution is -2.50. The smallest absolute Gasteiger partial charge is 0.129 e. The molecule has 0 bridgehead atoms. The maximum atomic E-state index is 5.58. The first kappa shape index (κ1) is 9.26. The van der Waals surface area contributed by atoms with Crippen LogP contribution in [0.5, 0.6) is 0 Å². The zero-order valence-electron chi connectivity index (χ0n) is 7.99. The summed E-state index contributed by atoms with van der Waals surface area (Å²) in [5.41, 5.74) is 0.668. The highest BCUT2D eigenvalue weighted by molar-refractivity contribution is 5.33. The Morgan fingerprint density at radius 2 is 2.14 bits per heavy atom. The molecule has 72 valence electrons. The van der Waals surface area contributed by atoms with Crippen LogP contribution in [0.1, 0.15) is 5.56 Å². The van der Waals surface area contributed by atoms with Gasteiger partial charge in [0.05, 0.1) is 13.2 Å². The second-order valence-corrected chi connectivity index (χ2v) is 3.40. The molecule has 0 spiro atoms. The van der Waals surface area contributed by atoms with Crippen LogP contribution in [-0.4, -0.2) is 19.8 Å². The lowest BCUT2D eigenvalue weighted by atomic mass is 9.91. The Bertz CT molecular complexity index is 333. The van der Waals surface area contributed by atoms with Crippen molar-refractivity contribution in [3.8, 4) is 12.3 Å². The van der Waals surface area contributed by atoms with Gasteiger partial charge in [-0.3, -0.25) is 5.32 Å². The minimum absolute atomic E-state index is 0.431. The topological polar surface area (TPSA) is 21.3 Å². The fourth-order valence-electron chi connectivity index (χ4n) is 1.70. The summed E-state index contributed by atoms with van der Waals surface area (Å²) in [5, 5.41) is 3.34. The molecule has 2 nitrogen and oxygen atoms in total. The molecule has 2 heteroatoms. The van der Waals surface area contributed by atoms with E-state index in [2.05, 4.69) is 11.2 Å². The first-order valence-electron chi connectivity index (χ1n) is 4.73. The van der Waals surface area contributed by atoms with Gasteiger partial charge < -0.3 is 4.74 Å². The number of hydrogen-bond acceptors (Lipinski definition) is 2. The van der Waals surface area contributed by atoms with Crippen LogP contribution in [0.15, 0.2) is 30.3 Å². The van der Waals surface area contributed by atoms with Gasteiger partial charge in [0.2, 0.25) is 0 Å². The van der Waals surface area contributed by atoms with Gasteiger partial charge in [-0.15, -0.1) is 6.42 Å². The van der Waals surface area contributed by atoms with Crippen LogP contribution < -0.4 is 5.32 Å². The van der Waals surface area contributed by atoms with Gasteiger partial charge in [-0.2, -0.15) is 0 Å². The largest absolute Gasteiger partial charge is 0.377 e. The molecule has 1 fully saturated rings. The van der Waals surface area contributed by atoms with Crippen LogP contribution in [0.25, 0.3) is 0 Å². The molecule has 1 aromatic rings. The third kappa shape index (κ3) is 1.52. The van der Waals surface area contributed by atoms with E-state index >= 15 is 0 Å². The van der Waals surface area contributed by atoms with Crippen molar-refractivity contribution in [2.24, 2.45) is 0 Å². The summed E-state index contributed by atoms with van der Waals surface area (Å²) in [7, 11) is 0. The number of nitrogens with one attached hydrogen (secondary N) is 1. The number of terminal acetylenes is 1. The summed E-state index contributed by atoms with van der Waals surface area (Å²) >= 11 is 0. The van der Waals surface area contributed by atoms with Gasteiger partial charge in [0.25, 0.3) is 0 Å². The fourth-order valence-corrected chi connectivity index (χ4v) is 1.70. The Hall–Kier alpha value is -1.30. The Morgan fingerprint density at radius 1 is 1.36 bits per heavy atom. The van der Waals surface area contributed by atoms with E-state index in [9.17, 15) is 0 Å². The summed E-state index contributed by atoms with van der Waals surface area (Å²) in [6.07, 6.45) is 5.58. The molecule has 1 aliphatic heterocycles. The molecule has 0 amide bonds. The average molecular weight is 187 g/mol. The lowest BCUT2D eigenvalue weighted by Gasteiger charge is -2.34. The molecule has 1 aliphatic rings. The third-order valence-corrected chi connectivity index (χ3v) is 2.50. The molecule has 0 radical (unpaired) electrons. The molecular formula is C12H13NO. The second kappa shape index (κ2) is 3.83. The normalized spacial score (nSPS) is 26.8. The maximum Gasteiger partial charge on any atom is 0.129 e. The molecule has 1 atom stereocenters. The zero-order valence-corrected chi connectivity index (χ0v) is 7.99. The highest BCUT2D eigenvalue weighted by atomic mass is 16.5. The van der Waals surface area contributed by atoms with Gasteiger partial charge in [0.1, 0.15) is 5.54 Å². The molecule has 1 aromatic carbocycles. The number of benzene rings is 1. The Kier molecular flexibility index (Phi) is 2.53. The van der Waals surface area contributed by atoms with Gasteiger partial charge >= 0.3 is 0 Å². The van der Waals surface area contributed by atoms with Crippen molar-refractivity contribution in [1.29, 1.82) is 0 Å². The highest BCUT2D eigenvalue weighted by Crippen LogP contribution is 2.22. The van der Waals surface area contributed by atoms with E-state index in [1.165, 1.54) is 0 Å². The Balaban J connectivity index is 2.33. The minimum atomic E-state index is -0.431. The lowest BCUT2D eigenvalue weighted by molar-refractivity contribution is 0.0507. The molecule has 14 heavy (non-hydrogen) atoms. The first-order valence-corrected chi connectivity index (χ1v) is 4.73. The van der Waals surface area contributed by atoms with Crippen molar-refractivity contribution in [2.75, 3.05) is 19.8 Å². The molecule has 1 unspecified atom stereocenters. The third-order valence-electron chi connectivity index (χ3n) is 2.50. The Labute approximate surface area is 84.3 Å². The standard InChI is InChI=1S/C12H13NO/c1-2-12(10-14-9-8-13-12)11-6-4-3-5-7-11/h1,3-7,13H,8-10H2. The van der Waals surface area contributed by atoms with Crippen LogP contribution in [0.2, 0.25) is 0 Å². The van der Waals surface area contributed by atoms with E-state index < -0.39 is 5.54 Å². The summed E-state index contributed by atoms with van der Waals surface area (Å²) < 4.78 is 5.43. The molecule has 0 aliphatic carbocycles. The van der Waals surface area contributed by atoms with Crippen LogP contribution in [0, 0.1) is 12.3 Å². The second-order valence-electron chi connectivity index (χ2n) is 3.40. The summed E-state index contributed by atoms with van der Waals surface area (Å²) in [6.45, 7) is 2.09. The SMILES string of the molecule is C#CC1(c2ccccc2)COCCN1. The number of hydrogen-bond donors (Lipinski definition) is 1. The number of rotatable bonds is 1. The molecule has 2 rings (SSSR count). The molecule has 1 saturated heterocycles. The maximum absolute atomic E-state index is 5.58. The van der Waals surface area contributed by atoms with Gasteiger partial charge in [-0.05, 0) is 5.56 Å². The summed E-state index contributed by atoms with van der Waals surface area (Å²) in [6, 6.07) is 10.0. The van der Waals surface area contributed by atoms with Crippen molar-refractivity contribution >= 4 is 0 Å². The van der Waals surface area contributed by atoms with Crippen molar-refractivity contribution < 1.29 is 4.74 Å². The van der Waals surface area contributed by atoms with Gasteiger partial charge in [-0.25, -0.2) is 0 Å². The predicted octanol–water partition coefficient (Wildman–Crippen LogP) is 1.13. The summed E-state index contributed by atoms with van der Waals surface area (Å²) in [4.78, 5) is 0. The fraction of sp³-hybridized carbons (Fsp3) is 0.333. The highest BCUT2D eigenvalue weighted by Gasteiger charge is 2.31. The number of morpholine rings is 1. The zero-order chi connectivity index (χ0) is 9.86. The van der Waals surface area contributed by atoms with E-state index in [1.807, 2.05) is 30.3 Å². The van der Waals surface area contributed by atoms with Crippen LogP contribution >= 0.6 is 0 Å². The van der Waals surface area contributed by atoms with E-state index in [0.29, 0.717) is 6.61 Å². The van der Waals surface area contributed by atoms with Crippen LogP contribution in [0.4, 0.5) is 0 Å². The summed E-state index contributed by atoms with van der Waals surface area (Å²) in [5.74, 6) is 2.80. The quantitative estimate of drug-likeness (QED) is 0.666. The predicted molar refractivity (Wildman–Crippen MR) is 55.8 cm³/mol. The molecule has 1 N–H and O–H groups in total. The molecule has 0 aromatic heterocycles. The minimum Gasteiger partial charge on any atom is -0.377 e. The first-order chi connectivity index (χ1) is 6.87. The van der Waals surface area contributed by atoms with Crippen LogP contribution in [0.3, 0.4) is 0 Å². The van der Waals surface area contributed by atoms with E-state index in [1.54, 1.807) is 0 Å². The van der Waals surface area contributed by atoms with Crippen LogP contribution in [-0.2, 0) is 10.3 Å². The molecular weight excluding hydrogens is 174 g/mol. The Morgan fingerprint density at radius 3 is 2.71 bits per heavy atom. The average Bonchev–Trinajstić information content (AvgIpc) is 2.31. The molecule has 1 heterocycles. The van der Waals surface area contributed by atoms with Crippen molar-refractivity contribution in [1.82, 2.24) is 5.32 Å². The van der Waals surface area contributed by atoms with Crippen molar-refractivity contribution in [3.63, 3.8) is 0 Å². The molecule has 0 saturated carbocycles. The van der Waals surface area contributed by atoms with Gasteiger partial charge in [-0.1, -0.05) is 36.3 Å². The van der Waals surface area contributed by atoms with Crippen molar-refractivity contribution in [2.45, 2.75) is 5.54 Å². The van der Waals surface area contributed by atoms with E-state index in [4.69, 9.17) is 11.2 Å². The van der Waals surface area contributed by atoms with Gasteiger partial charge in [0.15, 0.2) is 0 Å².